The second-order valence-electron chi connectivity index (χ2n) is 5.66. The summed E-state index contributed by atoms with van der Waals surface area (Å²) in [5, 5.41) is 0. The van der Waals surface area contributed by atoms with Crippen LogP contribution in [0.2, 0.25) is 0 Å². The molecule has 1 aliphatic rings. The van der Waals surface area contributed by atoms with Crippen molar-refractivity contribution in [2.75, 3.05) is 23.7 Å². The third kappa shape index (κ3) is 2.16. The minimum Gasteiger partial charge on any atom is -0.397 e. The highest BCUT2D eigenvalue weighted by molar-refractivity contribution is 5.71. The van der Waals surface area contributed by atoms with Gasteiger partial charge >= 0.3 is 0 Å². The van der Waals surface area contributed by atoms with Gasteiger partial charge in [-0.3, -0.25) is 0 Å². The highest BCUT2D eigenvalue weighted by Crippen LogP contribution is 2.34. The molecule has 0 aliphatic carbocycles. The normalized spacial score (nSPS) is 19.8. The Kier molecular flexibility index (Phi) is 2.83. The van der Waals surface area contributed by atoms with E-state index in [0.29, 0.717) is 5.41 Å². The van der Waals surface area contributed by atoms with Gasteiger partial charge in [-0.1, -0.05) is 26.0 Å². The van der Waals surface area contributed by atoms with Crippen LogP contribution in [0.15, 0.2) is 18.2 Å². The zero-order valence-electron chi connectivity index (χ0n) is 10.6. The molecule has 1 fully saturated rings. The molecule has 0 amide bonds. The highest BCUT2D eigenvalue weighted by atomic mass is 15.1. The van der Waals surface area contributed by atoms with Crippen molar-refractivity contribution < 1.29 is 0 Å². The third-order valence-corrected chi connectivity index (χ3v) is 3.76. The van der Waals surface area contributed by atoms with E-state index >= 15 is 0 Å². The van der Waals surface area contributed by atoms with Gasteiger partial charge in [0.2, 0.25) is 0 Å². The van der Waals surface area contributed by atoms with E-state index in [1.165, 1.54) is 24.1 Å². The number of nitrogens with two attached hydrogens (primary N) is 1. The summed E-state index contributed by atoms with van der Waals surface area (Å²) in [5.74, 6) is 0. The number of nitrogens with zero attached hydrogens (tertiary/aromatic N) is 1. The molecule has 0 radical (unpaired) electrons. The first-order chi connectivity index (χ1) is 7.49. The number of para-hydroxylation sites is 1. The quantitative estimate of drug-likeness (QED) is 0.733. The molecule has 2 heteroatoms. The lowest BCUT2D eigenvalue weighted by Crippen LogP contribution is -2.37. The maximum absolute atomic E-state index is 6.14. The molecule has 1 aliphatic heterocycles. The van der Waals surface area contributed by atoms with Crippen molar-refractivity contribution in [1.82, 2.24) is 0 Å². The van der Waals surface area contributed by atoms with Gasteiger partial charge in [-0.15, -0.1) is 0 Å². The zero-order chi connectivity index (χ0) is 11.8. The predicted octanol–water partition coefficient (Wildman–Crippen LogP) is 3.20. The molecule has 2 rings (SSSR count). The van der Waals surface area contributed by atoms with Gasteiger partial charge in [0.15, 0.2) is 0 Å². The largest absolute Gasteiger partial charge is 0.397 e. The summed E-state index contributed by atoms with van der Waals surface area (Å²) in [6, 6.07) is 6.31. The second kappa shape index (κ2) is 4.00. The van der Waals surface area contributed by atoms with Crippen molar-refractivity contribution >= 4 is 11.4 Å². The van der Waals surface area contributed by atoms with Gasteiger partial charge in [-0.25, -0.2) is 0 Å². The van der Waals surface area contributed by atoms with Crippen LogP contribution in [0, 0.1) is 12.3 Å². The fourth-order valence-corrected chi connectivity index (χ4v) is 2.29. The van der Waals surface area contributed by atoms with Gasteiger partial charge in [0.25, 0.3) is 0 Å². The van der Waals surface area contributed by atoms with Crippen molar-refractivity contribution in [1.29, 1.82) is 0 Å². The monoisotopic (exact) mass is 218 g/mol. The van der Waals surface area contributed by atoms with Gasteiger partial charge in [0.1, 0.15) is 0 Å². The fraction of sp³-hybridized carbons (Fsp3) is 0.571. The number of benzene rings is 1. The Morgan fingerprint density at radius 2 is 1.81 bits per heavy atom. The van der Waals surface area contributed by atoms with Crippen LogP contribution >= 0.6 is 0 Å². The predicted molar refractivity (Wildman–Crippen MR) is 70.8 cm³/mol. The average Bonchev–Trinajstić information content (AvgIpc) is 2.23. The summed E-state index contributed by atoms with van der Waals surface area (Å²) in [5.41, 5.74) is 9.98. The minimum absolute atomic E-state index is 0.495. The molecule has 88 valence electrons. The first-order valence-electron chi connectivity index (χ1n) is 6.10. The Hall–Kier alpha value is -1.18. The van der Waals surface area contributed by atoms with Crippen LogP contribution in [0.1, 0.15) is 32.3 Å². The second-order valence-corrected chi connectivity index (χ2v) is 5.66. The van der Waals surface area contributed by atoms with Crippen LogP contribution in [-0.2, 0) is 0 Å². The van der Waals surface area contributed by atoms with Crippen LogP contribution in [0.4, 0.5) is 11.4 Å². The molecule has 2 N–H and O–H groups in total. The topological polar surface area (TPSA) is 29.3 Å². The standard InChI is InChI=1S/C14H22N2/c1-11-5-4-6-12(13(11)15)16-9-7-14(2,3)8-10-16/h4-6H,7-10,15H2,1-3H3. The molecule has 1 saturated heterocycles. The van der Waals surface area contributed by atoms with E-state index in [9.17, 15) is 0 Å². The summed E-state index contributed by atoms with van der Waals surface area (Å²) < 4.78 is 0. The Labute approximate surface area is 98.4 Å². The molecule has 0 saturated carbocycles. The van der Waals surface area contributed by atoms with E-state index in [1.807, 2.05) is 0 Å². The van der Waals surface area contributed by atoms with Crippen LogP contribution in [0.3, 0.4) is 0 Å². The van der Waals surface area contributed by atoms with Crippen molar-refractivity contribution in [2.24, 2.45) is 5.41 Å². The fourth-order valence-electron chi connectivity index (χ4n) is 2.29. The summed E-state index contributed by atoms with van der Waals surface area (Å²) >= 11 is 0. The van der Waals surface area contributed by atoms with Gasteiger partial charge in [-0.2, -0.15) is 0 Å². The summed E-state index contributed by atoms with van der Waals surface area (Å²) in [7, 11) is 0. The summed E-state index contributed by atoms with van der Waals surface area (Å²) in [6.07, 6.45) is 2.50. The number of piperidine rings is 1. The molecular weight excluding hydrogens is 196 g/mol. The van der Waals surface area contributed by atoms with Crippen molar-refractivity contribution in [3.63, 3.8) is 0 Å². The molecule has 0 atom stereocenters. The molecule has 1 aromatic rings. The molecular formula is C14H22N2. The zero-order valence-corrected chi connectivity index (χ0v) is 10.6. The number of rotatable bonds is 1. The van der Waals surface area contributed by atoms with Gasteiger partial charge in [0, 0.05) is 13.1 Å². The van der Waals surface area contributed by atoms with E-state index in [4.69, 9.17) is 5.73 Å². The highest BCUT2D eigenvalue weighted by Gasteiger charge is 2.26. The molecule has 0 unspecified atom stereocenters. The Morgan fingerprint density at radius 3 is 2.44 bits per heavy atom. The van der Waals surface area contributed by atoms with Crippen LogP contribution < -0.4 is 10.6 Å². The molecule has 0 bridgehead atoms. The summed E-state index contributed by atoms with van der Waals surface area (Å²) in [6.45, 7) is 9.03. The van der Waals surface area contributed by atoms with Crippen LogP contribution in [0.5, 0.6) is 0 Å². The minimum atomic E-state index is 0.495. The lowest BCUT2D eigenvalue weighted by atomic mass is 9.82. The average molecular weight is 218 g/mol. The van der Waals surface area contributed by atoms with Gasteiger partial charge in [-0.05, 0) is 36.8 Å². The Balaban J connectivity index is 2.17. The number of anilines is 2. The number of nitrogen functional groups attached to an aromatic ring is 1. The maximum atomic E-state index is 6.14. The summed E-state index contributed by atoms with van der Waals surface area (Å²) in [4.78, 5) is 2.42. The molecule has 2 nitrogen and oxygen atoms in total. The van der Waals surface area contributed by atoms with Crippen LogP contribution in [0.25, 0.3) is 0 Å². The Morgan fingerprint density at radius 1 is 1.19 bits per heavy atom. The van der Waals surface area contributed by atoms with Gasteiger partial charge < -0.3 is 10.6 Å². The third-order valence-electron chi connectivity index (χ3n) is 3.76. The van der Waals surface area contributed by atoms with E-state index < -0.39 is 0 Å². The molecule has 1 aromatic carbocycles. The lowest BCUT2D eigenvalue weighted by molar-refractivity contribution is 0.280. The molecule has 0 aromatic heterocycles. The number of hydrogen-bond donors (Lipinski definition) is 1. The lowest BCUT2D eigenvalue weighted by Gasteiger charge is -2.38. The Bertz CT molecular complexity index is 372. The molecule has 1 heterocycles. The van der Waals surface area contributed by atoms with Gasteiger partial charge in [0.05, 0.1) is 11.4 Å². The van der Waals surface area contributed by atoms with E-state index in [0.717, 1.165) is 18.8 Å². The van der Waals surface area contributed by atoms with E-state index in [-0.39, 0.29) is 0 Å². The number of aryl methyl sites for hydroxylation is 1. The molecule has 0 spiro atoms. The van der Waals surface area contributed by atoms with Crippen molar-refractivity contribution in [3.8, 4) is 0 Å². The number of hydrogen-bond acceptors (Lipinski definition) is 2. The first-order valence-corrected chi connectivity index (χ1v) is 6.10. The smallest absolute Gasteiger partial charge is 0.0602 e. The maximum Gasteiger partial charge on any atom is 0.0602 e. The van der Waals surface area contributed by atoms with Crippen molar-refractivity contribution in [3.05, 3.63) is 23.8 Å². The first kappa shape index (κ1) is 11.3. The van der Waals surface area contributed by atoms with Crippen molar-refractivity contribution in [2.45, 2.75) is 33.6 Å². The SMILES string of the molecule is Cc1cccc(N2CCC(C)(C)CC2)c1N. The van der Waals surface area contributed by atoms with E-state index in [2.05, 4.69) is 43.9 Å². The van der Waals surface area contributed by atoms with E-state index in [1.54, 1.807) is 0 Å². The molecule has 16 heavy (non-hydrogen) atoms. The van der Waals surface area contributed by atoms with Crippen LogP contribution in [-0.4, -0.2) is 13.1 Å².